The van der Waals surface area contributed by atoms with Crippen LogP contribution in [0.4, 0.5) is 0 Å². The van der Waals surface area contributed by atoms with E-state index < -0.39 is 11.5 Å². The smallest absolute Gasteiger partial charge is 0.343 e. The van der Waals surface area contributed by atoms with E-state index in [0.29, 0.717) is 23.4 Å². The van der Waals surface area contributed by atoms with Gasteiger partial charge in [0.25, 0.3) is 5.91 Å². The van der Waals surface area contributed by atoms with E-state index in [0.717, 1.165) is 21.2 Å². The zero-order chi connectivity index (χ0) is 26.4. The van der Waals surface area contributed by atoms with E-state index >= 15 is 0 Å². The second-order valence-electron chi connectivity index (χ2n) is 8.65. The molecule has 1 aliphatic heterocycles. The predicted octanol–water partition coefficient (Wildman–Crippen LogP) is 5.41. The molecule has 4 aromatic rings. The number of carbonyl (C=O) groups excluding carboxylic acids is 2. The van der Waals surface area contributed by atoms with E-state index in [4.69, 9.17) is 4.74 Å². The van der Waals surface area contributed by atoms with Gasteiger partial charge in [0.1, 0.15) is 17.0 Å². The quantitative estimate of drug-likeness (QED) is 0.135. The highest BCUT2D eigenvalue weighted by Crippen LogP contribution is 2.36. The second kappa shape index (κ2) is 11.2. The molecule has 4 aromatic carbocycles. The molecule has 0 saturated carbocycles. The Morgan fingerprint density at radius 2 is 1.47 bits per heavy atom. The summed E-state index contributed by atoms with van der Waals surface area (Å²) in [6.45, 7) is 0. The van der Waals surface area contributed by atoms with Gasteiger partial charge in [0.2, 0.25) is 0 Å². The number of esters is 1. The first-order valence-corrected chi connectivity index (χ1v) is 12.7. The lowest BCUT2D eigenvalue weighted by molar-refractivity contribution is -0.114. The van der Waals surface area contributed by atoms with Crippen LogP contribution in [0.2, 0.25) is 0 Å². The number of amides is 1. The van der Waals surface area contributed by atoms with E-state index in [2.05, 4.69) is 37.0 Å². The van der Waals surface area contributed by atoms with Crippen molar-refractivity contribution in [3.8, 4) is 5.75 Å². The molecule has 0 bridgehead atoms. The SMILES string of the molecule is O=C(NN=Cc1ccc(OC(=O)c2ccc(Br)cc2)cc1)C1=NNC(c2ccccc2)(c2ccccc2)C1. The van der Waals surface area contributed by atoms with Gasteiger partial charge >= 0.3 is 5.97 Å². The van der Waals surface area contributed by atoms with Gasteiger partial charge in [-0.3, -0.25) is 10.2 Å². The second-order valence-corrected chi connectivity index (χ2v) is 9.56. The average molecular weight is 567 g/mol. The monoisotopic (exact) mass is 566 g/mol. The molecule has 0 unspecified atom stereocenters. The van der Waals surface area contributed by atoms with Crippen molar-refractivity contribution in [2.45, 2.75) is 12.0 Å². The minimum absolute atomic E-state index is 0.352. The Balaban J connectivity index is 1.20. The third kappa shape index (κ3) is 5.55. The maximum Gasteiger partial charge on any atom is 0.343 e. The van der Waals surface area contributed by atoms with Crippen LogP contribution in [0.25, 0.3) is 0 Å². The first-order chi connectivity index (χ1) is 18.5. The Morgan fingerprint density at radius 3 is 2.08 bits per heavy atom. The number of hydrogen-bond acceptors (Lipinski definition) is 6. The first-order valence-electron chi connectivity index (χ1n) is 11.9. The number of hydrazone groups is 2. The molecule has 5 rings (SSSR count). The minimum Gasteiger partial charge on any atom is -0.423 e. The molecule has 2 N–H and O–H groups in total. The number of benzene rings is 4. The molecular weight excluding hydrogens is 544 g/mol. The van der Waals surface area contributed by atoms with E-state index in [1.165, 1.54) is 6.21 Å². The number of halogens is 1. The van der Waals surface area contributed by atoms with Crippen molar-refractivity contribution in [1.29, 1.82) is 0 Å². The first kappa shape index (κ1) is 25.1. The number of nitrogens with one attached hydrogen (secondary N) is 2. The summed E-state index contributed by atoms with van der Waals surface area (Å²) in [4.78, 5) is 25.1. The fourth-order valence-electron chi connectivity index (χ4n) is 4.17. The van der Waals surface area contributed by atoms with Crippen LogP contribution in [0, 0.1) is 0 Å². The number of ether oxygens (including phenoxy) is 1. The molecule has 0 spiro atoms. The van der Waals surface area contributed by atoms with Gasteiger partial charge in [-0.05, 0) is 65.2 Å². The number of hydrogen-bond donors (Lipinski definition) is 2. The van der Waals surface area contributed by atoms with E-state index in [-0.39, 0.29) is 5.91 Å². The lowest BCUT2D eigenvalue weighted by Crippen LogP contribution is -2.38. The highest BCUT2D eigenvalue weighted by atomic mass is 79.9. The Morgan fingerprint density at radius 1 is 0.868 bits per heavy atom. The summed E-state index contributed by atoms with van der Waals surface area (Å²) in [7, 11) is 0. The van der Waals surface area contributed by atoms with Gasteiger partial charge in [-0.25, -0.2) is 10.2 Å². The zero-order valence-electron chi connectivity index (χ0n) is 20.2. The van der Waals surface area contributed by atoms with Crippen molar-refractivity contribution in [1.82, 2.24) is 10.9 Å². The molecule has 0 radical (unpaired) electrons. The van der Waals surface area contributed by atoms with E-state index in [1.54, 1.807) is 48.5 Å². The maximum atomic E-state index is 12.9. The molecule has 7 nitrogen and oxygen atoms in total. The summed E-state index contributed by atoms with van der Waals surface area (Å²) in [6.07, 6.45) is 1.89. The van der Waals surface area contributed by atoms with Crippen LogP contribution in [-0.4, -0.2) is 23.8 Å². The van der Waals surface area contributed by atoms with Crippen molar-refractivity contribution in [3.05, 3.63) is 136 Å². The Bertz CT molecular complexity index is 1450. The maximum absolute atomic E-state index is 12.9. The molecule has 1 aliphatic rings. The van der Waals surface area contributed by atoms with Gasteiger partial charge in [-0.1, -0.05) is 76.6 Å². The van der Waals surface area contributed by atoms with Crippen molar-refractivity contribution >= 4 is 39.7 Å². The van der Waals surface area contributed by atoms with Crippen LogP contribution in [0.5, 0.6) is 5.75 Å². The highest BCUT2D eigenvalue weighted by Gasteiger charge is 2.41. The van der Waals surface area contributed by atoms with E-state index in [1.807, 2.05) is 60.7 Å². The normalized spacial score (nSPS) is 14.0. The molecule has 1 heterocycles. The van der Waals surface area contributed by atoms with Crippen molar-refractivity contribution in [3.63, 3.8) is 0 Å². The van der Waals surface area contributed by atoms with Crippen LogP contribution >= 0.6 is 15.9 Å². The molecule has 188 valence electrons. The number of carbonyl (C=O) groups is 2. The molecule has 0 aromatic heterocycles. The number of nitrogens with zero attached hydrogens (tertiary/aromatic N) is 2. The van der Waals surface area contributed by atoms with Gasteiger partial charge in [-0.15, -0.1) is 0 Å². The van der Waals surface area contributed by atoms with Gasteiger partial charge in [-0.2, -0.15) is 10.2 Å². The lowest BCUT2D eigenvalue weighted by atomic mass is 9.80. The largest absolute Gasteiger partial charge is 0.423 e. The molecule has 0 saturated heterocycles. The molecule has 0 atom stereocenters. The van der Waals surface area contributed by atoms with Crippen LogP contribution in [-0.2, 0) is 10.3 Å². The van der Waals surface area contributed by atoms with Crippen LogP contribution < -0.4 is 15.6 Å². The lowest BCUT2D eigenvalue weighted by Gasteiger charge is -2.30. The molecule has 0 fully saturated rings. The highest BCUT2D eigenvalue weighted by molar-refractivity contribution is 9.10. The van der Waals surface area contributed by atoms with Crippen molar-refractivity contribution in [2.75, 3.05) is 0 Å². The third-order valence-electron chi connectivity index (χ3n) is 6.16. The topological polar surface area (TPSA) is 92.1 Å². The van der Waals surface area contributed by atoms with Gasteiger partial charge in [0, 0.05) is 10.9 Å². The third-order valence-corrected chi connectivity index (χ3v) is 6.69. The van der Waals surface area contributed by atoms with Crippen molar-refractivity contribution < 1.29 is 14.3 Å². The van der Waals surface area contributed by atoms with Crippen LogP contribution in [0.15, 0.2) is 124 Å². The molecule has 38 heavy (non-hydrogen) atoms. The van der Waals surface area contributed by atoms with E-state index in [9.17, 15) is 9.59 Å². The Hall–Kier alpha value is -4.56. The standard InChI is InChI=1S/C30H23BrN4O3/c31-25-15-13-22(14-16-25)29(37)38-26-17-11-21(12-18-26)20-32-34-28(36)27-19-30(35-33-27,23-7-3-1-4-8-23)24-9-5-2-6-10-24/h1-18,20,35H,19H2,(H,34,36). The predicted molar refractivity (Wildman–Crippen MR) is 150 cm³/mol. The van der Waals surface area contributed by atoms with Crippen molar-refractivity contribution in [2.24, 2.45) is 10.2 Å². The summed E-state index contributed by atoms with van der Waals surface area (Å²) in [6, 6.07) is 33.6. The summed E-state index contributed by atoms with van der Waals surface area (Å²) < 4.78 is 6.29. The van der Waals surface area contributed by atoms with Crippen LogP contribution in [0.3, 0.4) is 0 Å². The van der Waals surface area contributed by atoms with Gasteiger partial charge < -0.3 is 4.74 Å². The Labute approximate surface area is 228 Å². The molecule has 8 heteroatoms. The van der Waals surface area contributed by atoms with Crippen LogP contribution in [0.1, 0.15) is 33.5 Å². The average Bonchev–Trinajstić information content (AvgIpc) is 3.42. The molecule has 1 amide bonds. The molecule has 0 aliphatic carbocycles. The number of rotatable bonds is 7. The van der Waals surface area contributed by atoms with Gasteiger partial charge in [0.15, 0.2) is 0 Å². The summed E-state index contributed by atoms with van der Waals surface area (Å²) in [5.41, 5.74) is 8.69. The fourth-order valence-corrected chi connectivity index (χ4v) is 4.44. The summed E-state index contributed by atoms with van der Waals surface area (Å²) in [5.74, 6) is -0.426. The zero-order valence-corrected chi connectivity index (χ0v) is 21.8. The summed E-state index contributed by atoms with van der Waals surface area (Å²) in [5, 5.41) is 8.45. The summed E-state index contributed by atoms with van der Waals surface area (Å²) >= 11 is 3.34. The Kier molecular flexibility index (Phi) is 7.42. The fraction of sp³-hybridized carbons (Fsp3) is 0.0667. The minimum atomic E-state index is -0.636. The molecular formula is C30H23BrN4O3. The van der Waals surface area contributed by atoms with Gasteiger partial charge in [0.05, 0.1) is 11.8 Å².